The van der Waals surface area contributed by atoms with Gasteiger partial charge >= 0.3 is 11.9 Å². The number of anilines is 1. The van der Waals surface area contributed by atoms with Crippen LogP contribution in [0.15, 0.2) is 54.6 Å². The number of methoxy groups -OCH3 is 2. The lowest BCUT2D eigenvalue weighted by molar-refractivity contribution is 0.0601. The van der Waals surface area contributed by atoms with E-state index in [0.29, 0.717) is 22.6 Å². The zero-order valence-corrected chi connectivity index (χ0v) is 17.4. The summed E-state index contributed by atoms with van der Waals surface area (Å²) in [6.07, 6.45) is 0. The smallest absolute Gasteiger partial charge is 0.348 e. The Morgan fingerprint density at radius 3 is 2.03 bits per heavy atom. The second-order valence-electron chi connectivity index (χ2n) is 6.14. The highest BCUT2D eigenvalue weighted by atomic mass is 32.1. The summed E-state index contributed by atoms with van der Waals surface area (Å²) >= 11 is 0.958. The number of nitrogens with one attached hydrogen (secondary N) is 1. The van der Waals surface area contributed by atoms with Crippen molar-refractivity contribution < 1.29 is 28.6 Å². The van der Waals surface area contributed by atoms with E-state index in [1.807, 2.05) is 30.3 Å². The van der Waals surface area contributed by atoms with Crippen molar-refractivity contribution in [3.63, 3.8) is 0 Å². The van der Waals surface area contributed by atoms with Crippen LogP contribution in [0.25, 0.3) is 0 Å². The SMILES string of the molecule is COC(=O)c1sc(NC(=O)c2ccc(Oc3ccccc3)cc2)c(C(=O)OC)c1C. The molecule has 1 amide bonds. The maximum absolute atomic E-state index is 12.7. The van der Waals surface area contributed by atoms with Gasteiger partial charge in [-0.25, -0.2) is 9.59 Å². The van der Waals surface area contributed by atoms with Crippen molar-refractivity contribution in [1.29, 1.82) is 0 Å². The fourth-order valence-electron chi connectivity index (χ4n) is 2.71. The number of benzene rings is 2. The van der Waals surface area contributed by atoms with Gasteiger partial charge in [-0.05, 0) is 48.9 Å². The highest BCUT2D eigenvalue weighted by Crippen LogP contribution is 2.34. The largest absolute Gasteiger partial charge is 0.465 e. The predicted molar refractivity (Wildman–Crippen MR) is 113 cm³/mol. The highest BCUT2D eigenvalue weighted by Gasteiger charge is 2.27. The van der Waals surface area contributed by atoms with Gasteiger partial charge in [-0.3, -0.25) is 4.79 Å². The average Bonchev–Trinajstić information content (AvgIpc) is 3.09. The molecule has 0 radical (unpaired) electrons. The molecule has 2 aromatic carbocycles. The maximum atomic E-state index is 12.7. The molecular formula is C22H19NO6S. The lowest BCUT2D eigenvalue weighted by Crippen LogP contribution is -2.14. The number of rotatable bonds is 6. The van der Waals surface area contributed by atoms with Crippen LogP contribution in [-0.2, 0) is 9.47 Å². The van der Waals surface area contributed by atoms with E-state index in [1.165, 1.54) is 14.2 Å². The molecule has 7 nitrogen and oxygen atoms in total. The topological polar surface area (TPSA) is 90.9 Å². The first kappa shape index (κ1) is 21.1. The van der Waals surface area contributed by atoms with E-state index in [-0.39, 0.29) is 15.4 Å². The number of hydrogen-bond donors (Lipinski definition) is 1. The molecule has 1 heterocycles. The quantitative estimate of drug-likeness (QED) is 0.577. The van der Waals surface area contributed by atoms with Crippen molar-refractivity contribution in [2.24, 2.45) is 0 Å². The van der Waals surface area contributed by atoms with Gasteiger partial charge in [0.1, 0.15) is 21.4 Å². The number of ether oxygens (including phenoxy) is 3. The highest BCUT2D eigenvalue weighted by molar-refractivity contribution is 7.18. The summed E-state index contributed by atoms with van der Waals surface area (Å²) in [5, 5.41) is 2.90. The number of carbonyl (C=O) groups is 3. The number of amides is 1. The first-order valence-electron chi connectivity index (χ1n) is 8.89. The second-order valence-corrected chi connectivity index (χ2v) is 7.16. The zero-order valence-electron chi connectivity index (χ0n) is 16.6. The van der Waals surface area contributed by atoms with E-state index in [4.69, 9.17) is 14.2 Å². The van der Waals surface area contributed by atoms with Crippen LogP contribution in [-0.4, -0.2) is 32.1 Å². The average molecular weight is 425 g/mol. The maximum Gasteiger partial charge on any atom is 0.348 e. The van der Waals surface area contributed by atoms with E-state index < -0.39 is 17.8 Å². The molecular weight excluding hydrogens is 406 g/mol. The van der Waals surface area contributed by atoms with Crippen LogP contribution in [0.3, 0.4) is 0 Å². The molecule has 0 spiro atoms. The fraction of sp³-hybridized carbons (Fsp3) is 0.136. The molecule has 1 aromatic heterocycles. The summed E-state index contributed by atoms with van der Waals surface area (Å²) in [6, 6.07) is 15.8. The van der Waals surface area contributed by atoms with Crippen molar-refractivity contribution in [1.82, 2.24) is 0 Å². The molecule has 0 aliphatic carbocycles. The lowest BCUT2D eigenvalue weighted by Gasteiger charge is -2.08. The molecule has 3 aromatic rings. The van der Waals surface area contributed by atoms with E-state index in [1.54, 1.807) is 31.2 Å². The van der Waals surface area contributed by atoms with Crippen molar-refractivity contribution in [2.45, 2.75) is 6.92 Å². The van der Waals surface area contributed by atoms with Gasteiger partial charge in [0.25, 0.3) is 5.91 Å². The van der Waals surface area contributed by atoms with E-state index in [2.05, 4.69) is 5.32 Å². The molecule has 3 rings (SSSR count). The van der Waals surface area contributed by atoms with Crippen LogP contribution in [0.4, 0.5) is 5.00 Å². The third kappa shape index (κ3) is 4.49. The van der Waals surface area contributed by atoms with E-state index in [0.717, 1.165) is 11.3 Å². The summed E-state index contributed by atoms with van der Waals surface area (Å²) < 4.78 is 15.2. The molecule has 0 aliphatic heterocycles. The Hall–Kier alpha value is -3.65. The molecule has 1 N–H and O–H groups in total. The Morgan fingerprint density at radius 2 is 1.43 bits per heavy atom. The third-order valence-electron chi connectivity index (χ3n) is 4.23. The summed E-state index contributed by atoms with van der Waals surface area (Å²) in [5.74, 6) is -0.426. The molecule has 8 heteroatoms. The van der Waals surface area contributed by atoms with Crippen molar-refractivity contribution in [3.05, 3.63) is 76.2 Å². The van der Waals surface area contributed by atoms with Gasteiger partial charge in [0, 0.05) is 5.56 Å². The van der Waals surface area contributed by atoms with Crippen molar-refractivity contribution in [3.8, 4) is 11.5 Å². The molecule has 0 atom stereocenters. The Morgan fingerprint density at radius 1 is 0.833 bits per heavy atom. The van der Waals surface area contributed by atoms with Gasteiger partial charge in [0.2, 0.25) is 0 Å². The Bertz CT molecular complexity index is 1070. The normalized spacial score (nSPS) is 10.2. The van der Waals surface area contributed by atoms with Crippen LogP contribution in [0.5, 0.6) is 11.5 Å². The van der Waals surface area contributed by atoms with Gasteiger partial charge in [-0.1, -0.05) is 18.2 Å². The molecule has 0 saturated heterocycles. The molecule has 0 bridgehead atoms. The number of hydrogen-bond acceptors (Lipinski definition) is 7. The standard InChI is InChI=1S/C22H19NO6S/c1-13-17(21(25)27-2)20(30-18(13)22(26)28-3)23-19(24)14-9-11-16(12-10-14)29-15-7-5-4-6-8-15/h4-12H,1-3H3,(H,23,24). The first-order chi connectivity index (χ1) is 14.4. The van der Waals surface area contributed by atoms with Crippen molar-refractivity contribution in [2.75, 3.05) is 19.5 Å². The van der Waals surface area contributed by atoms with Gasteiger partial charge in [0.15, 0.2) is 0 Å². The number of carbonyl (C=O) groups excluding carboxylic acids is 3. The van der Waals surface area contributed by atoms with Crippen molar-refractivity contribution >= 4 is 34.2 Å². The number of para-hydroxylation sites is 1. The third-order valence-corrected chi connectivity index (χ3v) is 5.42. The molecule has 0 aliphatic rings. The Labute approximate surface area is 177 Å². The van der Waals surface area contributed by atoms with Gasteiger partial charge in [-0.2, -0.15) is 0 Å². The Balaban J connectivity index is 1.81. The molecule has 30 heavy (non-hydrogen) atoms. The first-order valence-corrected chi connectivity index (χ1v) is 9.70. The van der Waals surface area contributed by atoms with Gasteiger partial charge in [0.05, 0.1) is 19.8 Å². The van der Waals surface area contributed by atoms with Gasteiger partial charge in [-0.15, -0.1) is 11.3 Å². The fourth-order valence-corrected chi connectivity index (χ4v) is 3.82. The summed E-state index contributed by atoms with van der Waals surface area (Å²) in [4.78, 5) is 37.1. The monoisotopic (exact) mass is 425 g/mol. The second kappa shape index (κ2) is 9.23. The number of esters is 2. The zero-order chi connectivity index (χ0) is 21.7. The van der Waals surface area contributed by atoms with E-state index >= 15 is 0 Å². The number of thiophene rings is 1. The molecule has 0 saturated carbocycles. The van der Waals surface area contributed by atoms with Crippen LogP contribution < -0.4 is 10.1 Å². The minimum atomic E-state index is -0.652. The lowest BCUT2D eigenvalue weighted by atomic mass is 10.1. The predicted octanol–water partition coefficient (Wildman–Crippen LogP) is 4.67. The molecule has 0 fully saturated rings. The van der Waals surface area contributed by atoms with Gasteiger partial charge < -0.3 is 19.5 Å². The molecule has 154 valence electrons. The Kier molecular flexibility index (Phi) is 6.48. The van der Waals surface area contributed by atoms with E-state index in [9.17, 15) is 14.4 Å². The summed E-state index contributed by atoms with van der Waals surface area (Å²) in [6.45, 7) is 1.60. The minimum Gasteiger partial charge on any atom is -0.465 e. The van der Waals surface area contributed by atoms with Crippen LogP contribution in [0.2, 0.25) is 0 Å². The van der Waals surface area contributed by atoms with Crippen LogP contribution in [0.1, 0.15) is 36.0 Å². The molecule has 0 unspecified atom stereocenters. The van der Waals surface area contributed by atoms with Crippen LogP contribution >= 0.6 is 11.3 Å². The van der Waals surface area contributed by atoms with Crippen LogP contribution in [0, 0.1) is 6.92 Å². The minimum absolute atomic E-state index is 0.125. The summed E-state index contributed by atoms with van der Waals surface area (Å²) in [7, 11) is 2.48. The summed E-state index contributed by atoms with van der Waals surface area (Å²) in [5.41, 5.74) is 0.873.